The molecule has 358 valence electrons. The number of nitrogens with zero attached hydrogens (tertiary/aromatic N) is 1. The Morgan fingerprint density at radius 1 is 0.550 bits per heavy atom. The molecule has 0 saturated heterocycles. The SMILES string of the molecule is CCCC/C=C/C(O)C(COP(=O)(O)OCC[N+](C)(C)C)NC(=O)CCCCCCCCCCCCCCCCCCCCCCCCCCCCCCCCCCCC. The molecule has 0 aromatic rings. The normalized spacial score (nSPS) is 14.2. The van der Waals surface area contributed by atoms with E-state index in [2.05, 4.69) is 19.2 Å². The van der Waals surface area contributed by atoms with Crippen LogP contribution in [0.1, 0.15) is 258 Å². The number of aliphatic hydroxyl groups excluding tert-OH is 1. The number of phosphoric ester groups is 1. The molecule has 0 aliphatic rings. The second-order valence-corrected chi connectivity index (χ2v) is 20.7. The van der Waals surface area contributed by atoms with Crippen molar-refractivity contribution in [2.75, 3.05) is 40.9 Å². The second kappa shape index (κ2) is 43.5. The van der Waals surface area contributed by atoms with E-state index in [0.717, 1.165) is 38.5 Å². The van der Waals surface area contributed by atoms with E-state index in [0.29, 0.717) is 17.4 Å². The maximum absolute atomic E-state index is 12.7. The van der Waals surface area contributed by atoms with Crippen LogP contribution in [0.5, 0.6) is 0 Å². The van der Waals surface area contributed by atoms with Gasteiger partial charge in [-0.25, -0.2) is 4.57 Å². The number of aliphatic hydroxyl groups is 1. The number of phosphoric acid groups is 1. The van der Waals surface area contributed by atoms with Gasteiger partial charge in [-0.05, 0) is 12.8 Å². The van der Waals surface area contributed by atoms with Gasteiger partial charge in [0.05, 0.1) is 39.9 Å². The molecule has 3 N–H and O–H groups in total. The van der Waals surface area contributed by atoms with Crippen LogP contribution in [0.4, 0.5) is 0 Å². The molecule has 3 atom stereocenters. The molecule has 0 aliphatic carbocycles. The Kier molecular flexibility index (Phi) is 42.9. The van der Waals surface area contributed by atoms with Crippen LogP contribution in [0, 0.1) is 0 Å². The fourth-order valence-electron chi connectivity index (χ4n) is 7.85. The minimum Gasteiger partial charge on any atom is -0.387 e. The summed E-state index contributed by atoms with van der Waals surface area (Å²) in [6, 6.07) is -0.837. The Bertz CT molecular complexity index is 989. The molecule has 0 fully saturated rings. The zero-order valence-corrected chi connectivity index (χ0v) is 41.6. The standard InChI is InChI=1S/C51H103N2O6P/c1-6-8-10-12-13-14-15-16-17-18-19-20-21-22-23-24-25-26-27-28-29-30-31-32-33-34-35-36-37-38-39-40-41-43-45-51(55)52-49(50(54)44-42-11-9-7-2)48-59-60(56,57)58-47-46-53(3,4)5/h42,44,49-50,54H,6-41,43,45-48H2,1-5H3,(H-,52,55,56,57)/p+1/b44-42+. The van der Waals surface area contributed by atoms with Crippen molar-refractivity contribution in [2.45, 2.75) is 270 Å². The Morgan fingerprint density at radius 2 is 0.883 bits per heavy atom. The lowest BCUT2D eigenvalue weighted by Crippen LogP contribution is -2.45. The lowest BCUT2D eigenvalue weighted by atomic mass is 10.0. The molecule has 0 spiro atoms. The summed E-state index contributed by atoms with van der Waals surface area (Å²) in [7, 11) is 1.58. The molecule has 0 aromatic carbocycles. The molecule has 0 aliphatic heterocycles. The molecule has 1 amide bonds. The van der Waals surface area contributed by atoms with Gasteiger partial charge in [0, 0.05) is 6.42 Å². The highest BCUT2D eigenvalue weighted by atomic mass is 31.2. The number of hydrogen-bond donors (Lipinski definition) is 3. The molecular weight excluding hydrogens is 768 g/mol. The number of unbranched alkanes of at least 4 members (excludes halogenated alkanes) is 35. The van der Waals surface area contributed by atoms with Gasteiger partial charge in [-0.15, -0.1) is 0 Å². The molecular formula is C51H104N2O6P+. The van der Waals surface area contributed by atoms with Crippen molar-refractivity contribution in [1.82, 2.24) is 5.32 Å². The first-order valence-corrected chi connectivity index (χ1v) is 27.6. The summed E-state index contributed by atoms with van der Waals surface area (Å²) in [5.74, 6) is -0.181. The zero-order chi connectivity index (χ0) is 44.3. The number of allylic oxidation sites excluding steroid dienone is 1. The summed E-state index contributed by atoms with van der Waals surface area (Å²) < 4.78 is 23.3. The largest absolute Gasteiger partial charge is 0.472 e. The van der Waals surface area contributed by atoms with Crippen molar-refractivity contribution in [1.29, 1.82) is 0 Å². The molecule has 0 saturated carbocycles. The smallest absolute Gasteiger partial charge is 0.387 e. The predicted octanol–water partition coefficient (Wildman–Crippen LogP) is 15.1. The van der Waals surface area contributed by atoms with Gasteiger partial charge in [-0.2, -0.15) is 0 Å². The van der Waals surface area contributed by atoms with Gasteiger partial charge in [-0.1, -0.05) is 251 Å². The number of amides is 1. The minimum atomic E-state index is -4.31. The summed E-state index contributed by atoms with van der Waals surface area (Å²) in [5, 5.41) is 13.6. The third-order valence-electron chi connectivity index (χ3n) is 12.0. The van der Waals surface area contributed by atoms with E-state index in [-0.39, 0.29) is 19.1 Å². The van der Waals surface area contributed by atoms with E-state index in [9.17, 15) is 19.4 Å². The maximum atomic E-state index is 12.7. The van der Waals surface area contributed by atoms with Crippen molar-refractivity contribution >= 4 is 13.7 Å². The van der Waals surface area contributed by atoms with E-state index < -0.39 is 20.0 Å². The highest BCUT2D eigenvalue weighted by Crippen LogP contribution is 2.43. The summed E-state index contributed by atoms with van der Waals surface area (Å²) >= 11 is 0. The van der Waals surface area contributed by atoms with Crippen LogP contribution in [0.2, 0.25) is 0 Å². The van der Waals surface area contributed by atoms with Crippen molar-refractivity contribution in [3.63, 3.8) is 0 Å². The highest BCUT2D eigenvalue weighted by molar-refractivity contribution is 7.47. The fraction of sp³-hybridized carbons (Fsp3) is 0.941. The molecule has 9 heteroatoms. The Morgan fingerprint density at radius 3 is 1.22 bits per heavy atom. The summed E-state index contributed by atoms with van der Waals surface area (Å²) in [6.07, 6.45) is 52.6. The lowest BCUT2D eigenvalue weighted by molar-refractivity contribution is -0.870. The lowest BCUT2D eigenvalue weighted by Gasteiger charge is -2.25. The quantitative estimate of drug-likeness (QED) is 0.0243. The van der Waals surface area contributed by atoms with E-state index in [1.54, 1.807) is 6.08 Å². The molecule has 0 aromatic heterocycles. The first kappa shape index (κ1) is 59.2. The molecule has 3 unspecified atom stereocenters. The number of quaternary nitrogens is 1. The van der Waals surface area contributed by atoms with Crippen LogP contribution < -0.4 is 5.32 Å². The molecule has 60 heavy (non-hydrogen) atoms. The molecule has 0 heterocycles. The van der Waals surface area contributed by atoms with E-state index >= 15 is 0 Å². The van der Waals surface area contributed by atoms with Crippen LogP contribution in [0.15, 0.2) is 12.2 Å². The predicted molar refractivity (Wildman–Crippen MR) is 259 cm³/mol. The fourth-order valence-corrected chi connectivity index (χ4v) is 8.59. The topological polar surface area (TPSA) is 105 Å². The van der Waals surface area contributed by atoms with Crippen LogP contribution in [0.3, 0.4) is 0 Å². The van der Waals surface area contributed by atoms with Crippen LogP contribution >= 0.6 is 7.82 Å². The van der Waals surface area contributed by atoms with Gasteiger partial charge >= 0.3 is 7.82 Å². The van der Waals surface area contributed by atoms with Crippen molar-refractivity contribution in [3.8, 4) is 0 Å². The number of carbonyl (C=O) groups is 1. The second-order valence-electron chi connectivity index (χ2n) is 19.3. The monoisotopic (exact) mass is 872 g/mol. The number of rotatable bonds is 48. The van der Waals surface area contributed by atoms with E-state index in [1.165, 1.54) is 199 Å². The highest BCUT2D eigenvalue weighted by Gasteiger charge is 2.27. The third-order valence-corrected chi connectivity index (χ3v) is 13.0. The van der Waals surface area contributed by atoms with Crippen molar-refractivity contribution < 1.29 is 32.9 Å². The number of carbonyl (C=O) groups excluding carboxylic acids is 1. The molecule has 0 rings (SSSR count). The molecule has 8 nitrogen and oxygen atoms in total. The van der Waals surface area contributed by atoms with Gasteiger partial charge in [0.2, 0.25) is 5.91 Å². The average Bonchev–Trinajstić information content (AvgIpc) is 3.20. The summed E-state index contributed by atoms with van der Waals surface area (Å²) in [5.41, 5.74) is 0. The van der Waals surface area contributed by atoms with E-state index in [4.69, 9.17) is 9.05 Å². The third kappa shape index (κ3) is 45.3. The molecule has 0 radical (unpaired) electrons. The van der Waals surface area contributed by atoms with Gasteiger partial charge in [0.1, 0.15) is 13.2 Å². The van der Waals surface area contributed by atoms with Crippen molar-refractivity contribution in [3.05, 3.63) is 12.2 Å². The van der Waals surface area contributed by atoms with Crippen LogP contribution in [-0.4, -0.2) is 73.4 Å². The Balaban J connectivity index is 3.67. The minimum absolute atomic E-state index is 0.0630. The van der Waals surface area contributed by atoms with Crippen LogP contribution in [0.25, 0.3) is 0 Å². The Hall–Kier alpha value is -0.760. The van der Waals surface area contributed by atoms with Crippen molar-refractivity contribution in [2.24, 2.45) is 0 Å². The van der Waals surface area contributed by atoms with Gasteiger partial charge in [0.15, 0.2) is 0 Å². The number of nitrogens with one attached hydrogen (secondary N) is 1. The first-order valence-electron chi connectivity index (χ1n) is 26.1. The number of likely N-dealkylation sites (N-methyl/N-ethyl adjacent to an activating group) is 1. The van der Waals surface area contributed by atoms with Gasteiger partial charge < -0.3 is 19.8 Å². The van der Waals surface area contributed by atoms with Crippen LogP contribution in [-0.2, 0) is 18.4 Å². The summed E-state index contributed by atoms with van der Waals surface area (Å²) in [6.45, 7) is 4.69. The average molecular weight is 872 g/mol. The van der Waals surface area contributed by atoms with E-state index in [1.807, 2.05) is 27.2 Å². The zero-order valence-electron chi connectivity index (χ0n) is 40.7. The molecule has 0 bridgehead atoms. The van der Waals surface area contributed by atoms with Gasteiger partial charge in [0.25, 0.3) is 0 Å². The Labute approximate surface area is 373 Å². The van der Waals surface area contributed by atoms with Gasteiger partial charge in [-0.3, -0.25) is 13.8 Å². The summed E-state index contributed by atoms with van der Waals surface area (Å²) in [4.78, 5) is 22.9. The first-order chi connectivity index (χ1) is 29.0. The maximum Gasteiger partial charge on any atom is 0.472 e. The number of hydrogen-bond acceptors (Lipinski definition) is 5.